The average molecular weight is 340 g/mol. The maximum atomic E-state index is 5.48. The lowest BCUT2D eigenvalue weighted by atomic mass is 10.2. The standard InChI is InChI=1S/C19H24N2O2Si/c1-22-18-10-6-4-8-16(18)14-20-12-13-21(24(20)3)15-17-9-5-7-11-19(17)23-2/h4-13,24H,14-15H2,1-3H3. The third kappa shape index (κ3) is 3.41. The summed E-state index contributed by atoms with van der Waals surface area (Å²) < 4.78 is 15.9. The molecule has 5 heteroatoms. The first-order chi connectivity index (χ1) is 11.7. The number of rotatable bonds is 6. The largest absolute Gasteiger partial charge is 0.496 e. The molecule has 1 heterocycles. The van der Waals surface area contributed by atoms with Gasteiger partial charge in [-0.3, -0.25) is 0 Å². The maximum Gasteiger partial charge on any atom is 0.244 e. The van der Waals surface area contributed by atoms with Crippen molar-refractivity contribution < 1.29 is 9.47 Å². The van der Waals surface area contributed by atoms with E-state index in [1.165, 1.54) is 11.1 Å². The number of para-hydroxylation sites is 2. The van der Waals surface area contributed by atoms with E-state index in [4.69, 9.17) is 9.47 Å². The van der Waals surface area contributed by atoms with Gasteiger partial charge in [0.15, 0.2) is 0 Å². The maximum absolute atomic E-state index is 5.48. The van der Waals surface area contributed by atoms with Crippen molar-refractivity contribution in [2.45, 2.75) is 19.6 Å². The van der Waals surface area contributed by atoms with Gasteiger partial charge in [0, 0.05) is 36.6 Å². The zero-order valence-electron chi connectivity index (χ0n) is 14.5. The number of methoxy groups -OCH3 is 2. The van der Waals surface area contributed by atoms with E-state index in [2.05, 4.69) is 52.3 Å². The van der Waals surface area contributed by atoms with Crippen molar-refractivity contribution in [3.05, 3.63) is 72.1 Å². The van der Waals surface area contributed by atoms with Crippen LogP contribution in [0.25, 0.3) is 0 Å². The molecular weight excluding hydrogens is 316 g/mol. The smallest absolute Gasteiger partial charge is 0.244 e. The topological polar surface area (TPSA) is 24.9 Å². The van der Waals surface area contributed by atoms with E-state index in [9.17, 15) is 0 Å². The second-order valence-electron chi connectivity index (χ2n) is 5.90. The Labute approximate surface area is 145 Å². The minimum absolute atomic E-state index is 0.885. The van der Waals surface area contributed by atoms with Crippen LogP contribution in [0.4, 0.5) is 0 Å². The van der Waals surface area contributed by atoms with Gasteiger partial charge >= 0.3 is 0 Å². The Morgan fingerprint density at radius 2 is 1.17 bits per heavy atom. The molecule has 24 heavy (non-hydrogen) atoms. The summed E-state index contributed by atoms with van der Waals surface area (Å²) in [6.45, 7) is 4.12. The first-order valence-electron chi connectivity index (χ1n) is 8.16. The SMILES string of the molecule is COc1ccccc1CN1C=CN(Cc2ccccc2OC)[SiH]1C. The fourth-order valence-electron chi connectivity index (χ4n) is 3.04. The zero-order chi connectivity index (χ0) is 16.9. The van der Waals surface area contributed by atoms with Crippen molar-refractivity contribution in [2.75, 3.05) is 14.2 Å². The molecule has 0 aliphatic carbocycles. The molecule has 0 spiro atoms. The van der Waals surface area contributed by atoms with E-state index in [1.54, 1.807) is 14.2 Å². The molecule has 0 atom stereocenters. The minimum atomic E-state index is -1.24. The van der Waals surface area contributed by atoms with E-state index < -0.39 is 9.12 Å². The van der Waals surface area contributed by atoms with E-state index in [1.807, 2.05) is 24.3 Å². The second kappa shape index (κ2) is 7.44. The van der Waals surface area contributed by atoms with Gasteiger partial charge in [0.1, 0.15) is 11.5 Å². The van der Waals surface area contributed by atoms with Crippen molar-refractivity contribution in [3.8, 4) is 11.5 Å². The van der Waals surface area contributed by atoms with Crippen molar-refractivity contribution in [1.82, 2.24) is 9.13 Å². The Morgan fingerprint density at radius 3 is 1.58 bits per heavy atom. The molecule has 0 saturated heterocycles. The summed E-state index contributed by atoms with van der Waals surface area (Å²) in [7, 11) is 2.22. The van der Waals surface area contributed by atoms with Gasteiger partial charge in [0.05, 0.1) is 14.2 Å². The summed E-state index contributed by atoms with van der Waals surface area (Å²) in [5.74, 6) is 1.91. The quantitative estimate of drug-likeness (QED) is 0.753. The molecule has 126 valence electrons. The van der Waals surface area contributed by atoms with Gasteiger partial charge in [-0.15, -0.1) is 0 Å². The Balaban J connectivity index is 1.69. The highest BCUT2D eigenvalue weighted by Gasteiger charge is 2.25. The van der Waals surface area contributed by atoms with Crippen LogP contribution in [0.15, 0.2) is 60.9 Å². The summed E-state index contributed by atoms with van der Waals surface area (Å²) in [5.41, 5.74) is 2.45. The predicted molar refractivity (Wildman–Crippen MR) is 99.2 cm³/mol. The van der Waals surface area contributed by atoms with Crippen LogP contribution in [0, 0.1) is 0 Å². The summed E-state index contributed by atoms with van der Waals surface area (Å²) >= 11 is 0. The molecule has 0 amide bonds. The highest BCUT2D eigenvalue weighted by molar-refractivity contribution is 6.52. The molecule has 1 aliphatic rings. The Hall–Kier alpha value is -2.40. The number of hydrogen-bond acceptors (Lipinski definition) is 4. The highest BCUT2D eigenvalue weighted by atomic mass is 28.3. The summed E-state index contributed by atoms with van der Waals surface area (Å²) in [6.07, 6.45) is 4.41. The van der Waals surface area contributed by atoms with E-state index in [0.29, 0.717) is 0 Å². The van der Waals surface area contributed by atoms with Crippen LogP contribution in [0.5, 0.6) is 11.5 Å². The molecule has 0 radical (unpaired) electrons. The number of hydrogen-bond donors (Lipinski definition) is 0. The third-order valence-corrected chi connectivity index (χ3v) is 7.13. The van der Waals surface area contributed by atoms with Crippen molar-refractivity contribution in [3.63, 3.8) is 0 Å². The van der Waals surface area contributed by atoms with Crippen LogP contribution < -0.4 is 9.47 Å². The van der Waals surface area contributed by atoms with E-state index in [-0.39, 0.29) is 0 Å². The zero-order valence-corrected chi connectivity index (χ0v) is 15.6. The molecule has 3 rings (SSSR count). The number of benzene rings is 2. The molecule has 4 nitrogen and oxygen atoms in total. The average Bonchev–Trinajstić information content (AvgIpc) is 2.96. The molecule has 1 aliphatic heterocycles. The molecule has 0 saturated carbocycles. The van der Waals surface area contributed by atoms with Gasteiger partial charge in [-0.1, -0.05) is 36.4 Å². The summed E-state index contributed by atoms with van der Waals surface area (Å²) in [5, 5.41) is 0. The molecule has 0 unspecified atom stereocenters. The Morgan fingerprint density at radius 1 is 0.750 bits per heavy atom. The van der Waals surface area contributed by atoms with Crippen LogP contribution >= 0.6 is 0 Å². The van der Waals surface area contributed by atoms with Crippen LogP contribution in [-0.2, 0) is 13.1 Å². The van der Waals surface area contributed by atoms with Crippen molar-refractivity contribution >= 4 is 9.12 Å². The molecule has 0 N–H and O–H groups in total. The first kappa shape index (κ1) is 16.5. The van der Waals surface area contributed by atoms with Gasteiger partial charge in [-0.05, 0) is 18.7 Å². The van der Waals surface area contributed by atoms with Crippen LogP contribution in [0.1, 0.15) is 11.1 Å². The van der Waals surface area contributed by atoms with Crippen LogP contribution in [0.3, 0.4) is 0 Å². The monoisotopic (exact) mass is 340 g/mol. The third-order valence-electron chi connectivity index (χ3n) is 4.50. The molecule has 2 aromatic rings. The van der Waals surface area contributed by atoms with Crippen LogP contribution in [0.2, 0.25) is 6.55 Å². The molecule has 0 aromatic heterocycles. The first-order valence-corrected chi connectivity index (χ1v) is 10.3. The molecule has 0 fully saturated rings. The van der Waals surface area contributed by atoms with Gasteiger partial charge in [-0.25, -0.2) is 0 Å². The molecule has 2 aromatic carbocycles. The lowest BCUT2D eigenvalue weighted by molar-refractivity contribution is 0.399. The van der Waals surface area contributed by atoms with Crippen molar-refractivity contribution in [2.24, 2.45) is 0 Å². The second-order valence-corrected chi connectivity index (χ2v) is 8.49. The molecular formula is C19H24N2O2Si. The van der Waals surface area contributed by atoms with Gasteiger partial charge < -0.3 is 18.6 Å². The lowest BCUT2D eigenvalue weighted by Gasteiger charge is -2.29. The predicted octanol–water partition coefficient (Wildman–Crippen LogP) is 3.34. The Kier molecular flexibility index (Phi) is 5.10. The molecule has 0 bridgehead atoms. The van der Waals surface area contributed by atoms with Crippen molar-refractivity contribution in [1.29, 1.82) is 0 Å². The van der Waals surface area contributed by atoms with E-state index >= 15 is 0 Å². The fourth-order valence-corrected chi connectivity index (χ4v) is 5.00. The summed E-state index contributed by atoms with van der Waals surface area (Å²) in [4.78, 5) is 0. The normalized spacial score (nSPS) is 14.3. The lowest BCUT2D eigenvalue weighted by Crippen LogP contribution is -2.40. The fraction of sp³-hybridized carbons (Fsp3) is 0.263. The highest BCUT2D eigenvalue weighted by Crippen LogP contribution is 2.25. The summed E-state index contributed by atoms with van der Waals surface area (Å²) in [6, 6.07) is 16.5. The van der Waals surface area contributed by atoms with Gasteiger partial charge in [0.2, 0.25) is 9.12 Å². The van der Waals surface area contributed by atoms with Gasteiger partial charge in [0.25, 0.3) is 0 Å². The minimum Gasteiger partial charge on any atom is -0.496 e. The van der Waals surface area contributed by atoms with E-state index in [0.717, 1.165) is 24.6 Å². The number of nitrogens with zero attached hydrogens (tertiary/aromatic N) is 2. The Bertz CT molecular complexity index is 661. The number of ether oxygens (including phenoxy) is 2. The van der Waals surface area contributed by atoms with Crippen LogP contribution in [-0.4, -0.2) is 32.5 Å². The van der Waals surface area contributed by atoms with Gasteiger partial charge in [-0.2, -0.15) is 0 Å².